The first kappa shape index (κ1) is 22.3. The molecule has 0 bridgehead atoms. The highest BCUT2D eigenvalue weighted by atomic mass is 19.3. The maximum absolute atomic E-state index is 14.1. The molecule has 1 saturated heterocycles. The van der Waals surface area contributed by atoms with E-state index in [1.165, 1.54) is 30.8 Å². The van der Waals surface area contributed by atoms with Gasteiger partial charge in [-0.1, -0.05) is 19.9 Å². The summed E-state index contributed by atoms with van der Waals surface area (Å²) in [5.41, 5.74) is 10.1. The Morgan fingerprint density at radius 3 is 2.61 bits per heavy atom. The van der Waals surface area contributed by atoms with Crippen LogP contribution >= 0.6 is 0 Å². The van der Waals surface area contributed by atoms with Crippen LogP contribution in [0.15, 0.2) is 35.5 Å². The Morgan fingerprint density at radius 2 is 1.94 bits per heavy atom. The molecule has 0 radical (unpaired) electrons. The summed E-state index contributed by atoms with van der Waals surface area (Å²) < 4.78 is 28.3. The number of carbonyl (C=O) groups is 1. The average Bonchev–Trinajstić information content (AvgIpc) is 3.21. The lowest BCUT2D eigenvalue weighted by molar-refractivity contribution is -0.107. The van der Waals surface area contributed by atoms with Crippen molar-refractivity contribution < 1.29 is 13.6 Å². The first-order valence-corrected chi connectivity index (χ1v) is 11.9. The van der Waals surface area contributed by atoms with Gasteiger partial charge in [-0.05, 0) is 67.4 Å². The number of halogens is 2. The molecule has 33 heavy (non-hydrogen) atoms. The number of rotatable bonds is 3. The monoisotopic (exact) mass is 457 g/mol. The van der Waals surface area contributed by atoms with Crippen LogP contribution in [0.4, 0.5) is 14.5 Å². The molecule has 1 amide bonds. The van der Waals surface area contributed by atoms with E-state index in [4.69, 9.17) is 0 Å². The standard InChI is InChI=1S/C19H20F2N4O.C6H13N/c1-18-8-15-12(7-16(18)19(18,20)21)17(24-23-15)14-5-10-3-4-11(25(2)9-26)6-13(10)22-14;1-6-2-4-7-5-3-6/h3-6,9,16-17,22-24H,7-8H2,1-2H3;6-7H,2-5H2,1H3. The lowest BCUT2D eigenvalue weighted by Crippen LogP contribution is -2.28. The zero-order valence-electron chi connectivity index (χ0n) is 19.5. The third kappa shape index (κ3) is 3.73. The third-order valence-electron chi connectivity index (χ3n) is 8.09. The van der Waals surface area contributed by atoms with E-state index in [9.17, 15) is 13.6 Å². The second kappa shape index (κ2) is 8.09. The molecule has 178 valence electrons. The molecule has 6 nitrogen and oxygen atoms in total. The molecular weight excluding hydrogens is 424 g/mol. The van der Waals surface area contributed by atoms with Crippen molar-refractivity contribution in [1.29, 1.82) is 0 Å². The van der Waals surface area contributed by atoms with Crippen LogP contribution in [0, 0.1) is 17.3 Å². The number of anilines is 1. The number of alkyl halides is 2. The van der Waals surface area contributed by atoms with Crippen molar-refractivity contribution in [3.63, 3.8) is 0 Å². The number of aromatic nitrogens is 1. The maximum atomic E-state index is 14.1. The Morgan fingerprint density at radius 1 is 1.18 bits per heavy atom. The molecule has 1 saturated carbocycles. The summed E-state index contributed by atoms with van der Waals surface area (Å²) in [7, 11) is 1.70. The van der Waals surface area contributed by atoms with Gasteiger partial charge in [0.15, 0.2) is 0 Å². The van der Waals surface area contributed by atoms with Gasteiger partial charge in [0.2, 0.25) is 6.41 Å². The Balaban J connectivity index is 0.000000281. The number of piperidine rings is 1. The molecule has 2 fully saturated rings. The normalized spacial score (nSPS) is 30.1. The first-order valence-electron chi connectivity index (χ1n) is 11.9. The van der Waals surface area contributed by atoms with E-state index in [0.29, 0.717) is 12.8 Å². The minimum absolute atomic E-state index is 0.134. The summed E-state index contributed by atoms with van der Waals surface area (Å²) in [6, 6.07) is 7.66. The molecule has 3 unspecified atom stereocenters. The van der Waals surface area contributed by atoms with Gasteiger partial charge in [-0.3, -0.25) is 4.79 Å². The van der Waals surface area contributed by atoms with Crippen LogP contribution in [0.25, 0.3) is 10.9 Å². The van der Waals surface area contributed by atoms with E-state index < -0.39 is 17.3 Å². The summed E-state index contributed by atoms with van der Waals surface area (Å²) in [5, 5.41) is 4.34. The number of benzene rings is 1. The molecule has 1 aromatic carbocycles. The van der Waals surface area contributed by atoms with Gasteiger partial charge in [-0.15, -0.1) is 0 Å². The lowest BCUT2D eigenvalue weighted by Gasteiger charge is -2.19. The second-order valence-electron chi connectivity index (χ2n) is 10.3. The zero-order valence-corrected chi connectivity index (χ0v) is 19.5. The second-order valence-corrected chi connectivity index (χ2v) is 10.3. The quantitative estimate of drug-likeness (QED) is 0.521. The topological polar surface area (TPSA) is 72.2 Å². The largest absolute Gasteiger partial charge is 0.357 e. The smallest absolute Gasteiger partial charge is 0.258 e. The van der Waals surface area contributed by atoms with Crippen molar-refractivity contribution in [1.82, 2.24) is 21.2 Å². The van der Waals surface area contributed by atoms with Crippen LogP contribution < -0.4 is 21.1 Å². The number of hydrazine groups is 1. The van der Waals surface area contributed by atoms with Gasteiger partial charge in [0.1, 0.15) is 0 Å². The van der Waals surface area contributed by atoms with E-state index in [1.807, 2.05) is 24.3 Å². The minimum Gasteiger partial charge on any atom is -0.357 e. The van der Waals surface area contributed by atoms with E-state index in [2.05, 4.69) is 28.1 Å². The Bertz CT molecular complexity index is 1090. The molecular formula is C25H33F2N5O. The fourth-order valence-corrected chi connectivity index (χ4v) is 5.56. The number of aromatic amines is 1. The van der Waals surface area contributed by atoms with Gasteiger partial charge in [-0.25, -0.2) is 14.2 Å². The number of nitrogens with one attached hydrogen (secondary N) is 4. The van der Waals surface area contributed by atoms with Gasteiger partial charge in [0.05, 0.1) is 6.04 Å². The SMILES string of the molecule is CC1CCNCC1.CN(C=O)c1ccc2cc(C3NNC4=C3CC3C(F)(F)C3(C)C4)[nH]c2c1. The van der Waals surface area contributed by atoms with Gasteiger partial charge in [-0.2, -0.15) is 0 Å². The highest BCUT2D eigenvalue weighted by Gasteiger charge is 2.78. The predicted molar refractivity (Wildman–Crippen MR) is 126 cm³/mol. The molecule has 0 spiro atoms. The summed E-state index contributed by atoms with van der Waals surface area (Å²) in [6.45, 7) is 6.48. The van der Waals surface area contributed by atoms with Crippen LogP contribution in [0.3, 0.4) is 0 Å². The van der Waals surface area contributed by atoms with Crippen molar-refractivity contribution in [2.75, 3.05) is 25.0 Å². The van der Waals surface area contributed by atoms with Crippen LogP contribution in [-0.2, 0) is 4.79 Å². The van der Waals surface area contributed by atoms with Crippen molar-refractivity contribution in [2.45, 2.75) is 51.5 Å². The number of allylic oxidation sites excluding steroid dienone is 1. The van der Waals surface area contributed by atoms with E-state index in [-0.39, 0.29) is 6.04 Å². The van der Waals surface area contributed by atoms with Crippen LogP contribution in [0.1, 0.15) is 51.3 Å². The van der Waals surface area contributed by atoms with Crippen LogP contribution in [0.5, 0.6) is 0 Å². The molecule has 8 heteroatoms. The summed E-state index contributed by atoms with van der Waals surface area (Å²) in [6.07, 6.45) is 4.31. The minimum atomic E-state index is -2.57. The molecule has 6 rings (SSSR count). The van der Waals surface area contributed by atoms with Gasteiger partial charge in [0.25, 0.3) is 5.92 Å². The Hall–Kier alpha value is -2.45. The number of nitrogens with zero attached hydrogens (tertiary/aromatic N) is 1. The molecule has 4 N–H and O–H groups in total. The molecule has 2 aliphatic heterocycles. The number of amides is 1. The molecule has 4 aliphatic rings. The number of hydrogen-bond donors (Lipinski definition) is 4. The predicted octanol–water partition coefficient (Wildman–Crippen LogP) is 4.23. The Kier molecular flexibility index (Phi) is 5.48. The molecule has 2 aliphatic carbocycles. The fourth-order valence-electron chi connectivity index (χ4n) is 5.56. The van der Waals surface area contributed by atoms with Crippen molar-refractivity contribution in [2.24, 2.45) is 17.3 Å². The molecule has 1 aromatic heterocycles. The van der Waals surface area contributed by atoms with Gasteiger partial charge < -0.3 is 20.6 Å². The summed E-state index contributed by atoms with van der Waals surface area (Å²) in [4.78, 5) is 15.8. The van der Waals surface area contributed by atoms with Gasteiger partial charge in [0, 0.05) is 47.4 Å². The van der Waals surface area contributed by atoms with Crippen LogP contribution in [-0.4, -0.2) is 37.5 Å². The highest BCUT2D eigenvalue weighted by Crippen LogP contribution is 2.73. The highest BCUT2D eigenvalue weighted by molar-refractivity contribution is 5.87. The zero-order chi connectivity index (χ0) is 23.4. The van der Waals surface area contributed by atoms with Crippen molar-refractivity contribution in [3.8, 4) is 0 Å². The van der Waals surface area contributed by atoms with E-state index >= 15 is 0 Å². The maximum Gasteiger partial charge on any atom is 0.258 e. The summed E-state index contributed by atoms with van der Waals surface area (Å²) in [5.74, 6) is -2.16. The molecule has 3 atom stereocenters. The Labute approximate surface area is 193 Å². The summed E-state index contributed by atoms with van der Waals surface area (Å²) >= 11 is 0. The number of H-pyrrole nitrogens is 1. The van der Waals surface area contributed by atoms with Crippen LogP contribution in [0.2, 0.25) is 0 Å². The van der Waals surface area contributed by atoms with E-state index in [1.54, 1.807) is 14.0 Å². The van der Waals surface area contributed by atoms with E-state index in [0.717, 1.165) is 45.9 Å². The van der Waals surface area contributed by atoms with Crippen molar-refractivity contribution in [3.05, 3.63) is 41.2 Å². The number of fused-ring (bicyclic) bond motifs is 2. The average molecular weight is 458 g/mol. The number of hydrogen-bond acceptors (Lipinski definition) is 4. The fraction of sp³-hybridized carbons (Fsp3) is 0.560. The lowest BCUT2D eigenvalue weighted by atomic mass is 9.85. The van der Waals surface area contributed by atoms with Crippen molar-refractivity contribution >= 4 is 23.0 Å². The first-order chi connectivity index (χ1) is 15.7. The third-order valence-corrected chi connectivity index (χ3v) is 8.09. The van der Waals surface area contributed by atoms with Gasteiger partial charge >= 0.3 is 0 Å². The molecule has 2 aromatic rings. The molecule has 3 heterocycles. The number of carbonyl (C=O) groups excluding carboxylic acids is 1.